The van der Waals surface area contributed by atoms with Gasteiger partial charge in [-0.15, -0.1) is 22.7 Å². The third-order valence-electron chi connectivity index (χ3n) is 4.95. The molecule has 1 N–H and O–H groups in total. The van der Waals surface area contributed by atoms with Crippen LogP contribution < -0.4 is 10.2 Å². The number of thiazole rings is 1. The minimum Gasteiger partial charge on any atom is -0.348 e. The number of aromatic nitrogens is 1. The summed E-state index contributed by atoms with van der Waals surface area (Å²) in [4.78, 5) is 12.5. The van der Waals surface area contributed by atoms with Gasteiger partial charge in [0.05, 0.1) is 0 Å². The molecule has 1 unspecified atom stereocenters. The third kappa shape index (κ3) is 4.17. The van der Waals surface area contributed by atoms with Gasteiger partial charge in [0.25, 0.3) is 0 Å². The summed E-state index contributed by atoms with van der Waals surface area (Å²) in [7, 11) is 0. The minimum absolute atomic E-state index is 0.607. The third-order valence-corrected chi connectivity index (χ3v) is 6.87. The fourth-order valence-corrected chi connectivity index (χ4v) is 5.33. The van der Waals surface area contributed by atoms with Crippen molar-refractivity contribution in [1.29, 1.82) is 0 Å². The number of nitrogens with one attached hydrogen (secondary N) is 1. The Balaban J connectivity index is 1.26. The van der Waals surface area contributed by atoms with Crippen molar-refractivity contribution in [1.82, 2.24) is 15.2 Å². The van der Waals surface area contributed by atoms with Crippen molar-refractivity contribution in [2.45, 2.75) is 44.8 Å². The van der Waals surface area contributed by atoms with Gasteiger partial charge in [-0.05, 0) is 43.7 Å². The van der Waals surface area contributed by atoms with Gasteiger partial charge in [-0.25, -0.2) is 4.98 Å². The highest BCUT2D eigenvalue weighted by Crippen LogP contribution is 2.26. The van der Waals surface area contributed by atoms with E-state index in [1.807, 2.05) is 22.7 Å². The Bertz CT molecular complexity index is 619. The van der Waals surface area contributed by atoms with Crippen LogP contribution in [0.3, 0.4) is 0 Å². The zero-order valence-corrected chi connectivity index (χ0v) is 15.7. The Morgan fingerprint density at radius 1 is 1.17 bits per heavy atom. The lowest BCUT2D eigenvalue weighted by atomic mass is 10.1. The lowest BCUT2D eigenvalue weighted by Gasteiger charge is -2.32. The second-order valence-electron chi connectivity index (χ2n) is 6.84. The number of anilines is 1. The highest BCUT2D eigenvalue weighted by Gasteiger charge is 2.20. The maximum Gasteiger partial charge on any atom is 0.185 e. The molecule has 130 valence electrons. The number of rotatable bonds is 6. The Hall–Kier alpha value is -0.950. The lowest BCUT2D eigenvalue weighted by molar-refractivity contribution is 0.184. The molecule has 2 aliphatic heterocycles. The van der Waals surface area contributed by atoms with Gasteiger partial charge < -0.3 is 10.2 Å². The molecular weight excluding hydrogens is 336 g/mol. The standard InChI is InChI=1S/C18H26N4S2/c1-2-9-22(8-1)18-20-12-17(24-18)11-19-15-5-3-7-21(13-15)14-16-6-4-10-23-16/h4,6,10,12,15,19H,1-3,5,7-9,11,13-14H2. The molecule has 0 aliphatic carbocycles. The Morgan fingerprint density at radius 3 is 2.92 bits per heavy atom. The summed E-state index contributed by atoms with van der Waals surface area (Å²) in [5.41, 5.74) is 0. The molecule has 24 heavy (non-hydrogen) atoms. The van der Waals surface area contributed by atoms with E-state index in [2.05, 4.69) is 43.8 Å². The fraction of sp³-hybridized carbons (Fsp3) is 0.611. The van der Waals surface area contributed by atoms with E-state index in [0.717, 1.165) is 19.6 Å². The normalized spacial score (nSPS) is 22.3. The Labute approximate surface area is 152 Å². The summed E-state index contributed by atoms with van der Waals surface area (Å²) in [6.45, 7) is 6.82. The quantitative estimate of drug-likeness (QED) is 0.851. The zero-order chi connectivity index (χ0) is 16.2. The monoisotopic (exact) mass is 362 g/mol. The molecular formula is C18H26N4S2. The van der Waals surface area contributed by atoms with Crippen LogP contribution in [0.1, 0.15) is 35.4 Å². The minimum atomic E-state index is 0.607. The van der Waals surface area contributed by atoms with Crippen molar-refractivity contribution in [2.24, 2.45) is 0 Å². The molecule has 2 aromatic rings. The van der Waals surface area contributed by atoms with Crippen molar-refractivity contribution in [3.63, 3.8) is 0 Å². The van der Waals surface area contributed by atoms with Gasteiger partial charge in [0, 0.05) is 54.7 Å². The van der Waals surface area contributed by atoms with Crippen LogP contribution >= 0.6 is 22.7 Å². The molecule has 2 fully saturated rings. The van der Waals surface area contributed by atoms with E-state index in [1.165, 1.54) is 60.2 Å². The summed E-state index contributed by atoms with van der Waals surface area (Å²) in [5, 5.41) is 7.16. The van der Waals surface area contributed by atoms with E-state index in [9.17, 15) is 0 Å². The van der Waals surface area contributed by atoms with Crippen molar-refractivity contribution < 1.29 is 0 Å². The highest BCUT2D eigenvalue weighted by molar-refractivity contribution is 7.15. The van der Waals surface area contributed by atoms with Crippen LogP contribution in [0.2, 0.25) is 0 Å². The number of piperidine rings is 1. The van der Waals surface area contributed by atoms with E-state index >= 15 is 0 Å². The molecule has 0 aromatic carbocycles. The molecule has 2 aromatic heterocycles. The molecule has 0 bridgehead atoms. The topological polar surface area (TPSA) is 31.4 Å². The molecule has 2 saturated heterocycles. The summed E-state index contributed by atoms with van der Waals surface area (Å²) in [5.74, 6) is 0. The van der Waals surface area contributed by atoms with E-state index in [-0.39, 0.29) is 0 Å². The van der Waals surface area contributed by atoms with Crippen LogP contribution in [0.4, 0.5) is 5.13 Å². The SMILES string of the molecule is c1csc(CN2CCCC(NCc3cnc(N4CCCC4)s3)C2)c1. The average molecular weight is 363 g/mol. The first-order valence-electron chi connectivity index (χ1n) is 9.04. The van der Waals surface area contributed by atoms with Crippen molar-refractivity contribution >= 4 is 27.8 Å². The molecule has 0 radical (unpaired) electrons. The molecule has 1 atom stereocenters. The van der Waals surface area contributed by atoms with E-state index in [0.29, 0.717) is 6.04 Å². The van der Waals surface area contributed by atoms with Gasteiger partial charge in [-0.1, -0.05) is 6.07 Å². The number of hydrogen-bond donors (Lipinski definition) is 1. The van der Waals surface area contributed by atoms with Crippen molar-refractivity contribution in [3.8, 4) is 0 Å². The number of nitrogens with zero attached hydrogens (tertiary/aromatic N) is 3. The summed E-state index contributed by atoms with van der Waals surface area (Å²) < 4.78 is 0. The zero-order valence-electron chi connectivity index (χ0n) is 14.1. The Morgan fingerprint density at radius 2 is 2.08 bits per heavy atom. The molecule has 0 spiro atoms. The Kier molecular flexibility index (Phi) is 5.47. The highest BCUT2D eigenvalue weighted by atomic mass is 32.1. The smallest absolute Gasteiger partial charge is 0.185 e. The summed E-state index contributed by atoms with van der Waals surface area (Å²) in [6.07, 6.45) is 7.28. The second kappa shape index (κ2) is 7.95. The molecule has 0 saturated carbocycles. The first-order valence-corrected chi connectivity index (χ1v) is 10.7. The second-order valence-corrected chi connectivity index (χ2v) is 8.96. The van der Waals surface area contributed by atoms with E-state index < -0.39 is 0 Å². The average Bonchev–Trinajstić information content (AvgIpc) is 3.35. The summed E-state index contributed by atoms with van der Waals surface area (Å²) in [6, 6.07) is 5.01. The van der Waals surface area contributed by atoms with E-state index in [1.54, 1.807) is 0 Å². The molecule has 2 aliphatic rings. The predicted molar refractivity (Wildman–Crippen MR) is 103 cm³/mol. The largest absolute Gasteiger partial charge is 0.348 e. The molecule has 0 amide bonds. The van der Waals surface area contributed by atoms with Gasteiger partial charge in [-0.3, -0.25) is 4.90 Å². The number of hydrogen-bond acceptors (Lipinski definition) is 6. The van der Waals surface area contributed by atoms with Crippen LogP contribution in [-0.2, 0) is 13.1 Å². The van der Waals surface area contributed by atoms with Gasteiger partial charge in [0.1, 0.15) is 0 Å². The van der Waals surface area contributed by atoms with Gasteiger partial charge in [0.2, 0.25) is 0 Å². The molecule has 4 rings (SSSR count). The predicted octanol–water partition coefficient (Wildman–Crippen LogP) is 3.56. The number of thiophene rings is 1. The van der Waals surface area contributed by atoms with Crippen molar-refractivity contribution in [2.75, 3.05) is 31.1 Å². The van der Waals surface area contributed by atoms with Crippen LogP contribution in [0.15, 0.2) is 23.7 Å². The van der Waals surface area contributed by atoms with Crippen LogP contribution in [0, 0.1) is 0 Å². The van der Waals surface area contributed by atoms with Crippen LogP contribution in [0.25, 0.3) is 0 Å². The van der Waals surface area contributed by atoms with Gasteiger partial charge in [-0.2, -0.15) is 0 Å². The lowest BCUT2D eigenvalue weighted by Crippen LogP contribution is -2.44. The number of likely N-dealkylation sites (tertiary alicyclic amines) is 1. The first kappa shape index (κ1) is 16.5. The molecule has 4 heterocycles. The van der Waals surface area contributed by atoms with Gasteiger partial charge in [0.15, 0.2) is 5.13 Å². The van der Waals surface area contributed by atoms with E-state index in [4.69, 9.17) is 0 Å². The van der Waals surface area contributed by atoms with Crippen molar-refractivity contribution in [3.05, 3.63) is 33.5 Å². The fourth-order valence-electron chi connectivity index (χ4n) is 3.67. The summed E-state index contributed by atoms with van der Waals surface area (Å²) >= 11 is 3.73. The van der Waals surface area contributed by atoms with Gasteiger partial charge >= 0.3 is 0 Å². The molecule has 4 nitrogen and oxygen atoms in total. The maximum absolute atomic E-state index is 4.62. The van der Waals surface area contributed by atoms with Crippen LogP contribution in [0.5, 0.6) is 0 Å². The van der Waals surface area contributed by atoms with Crippen LogP contribution in [-0.4, -0.2) is 42.1 Å². The first-order chi connectivity index (χ1) is 11.9. The maximum atomic E-state index is 4.62. The molecule has 6 heteroatoms.